The molecule has 0 saturated heterocycles. The third-order valence-electron chi connectivity index (χ3n) is 4.48. The monoisotopic (exact) mass is 353 g/mol. The zero-order valence-corrected chi connectivity index (χ0v) is 14.1. The predicted molar refractivity (Wildman–Crippen MR) is 94.9 cm³/mol. The lowest BCUT2D eigenvalue weighted by Gasteiger charge is -2.16. The summed E-state index contributed by atoms with van der Waals surface area (Å²) in [6, 6.07) is 15.1. The Morgan fingerprint density at radius 2 is 1.65 bits per heavy atom. The molecule has 26 heavy (non-hydrogen) atoms. The van der Waals surface area contributed by atoms with Crippen molar-refractivity contribution < 1.29 is 24.2 Å². The molecule has 1 atom stereocenters. The van der Waals surface area contributed by atoms with Gasteiger partial charge in [0.05, 0.1) is 6.04 Å². The molecular weight excluding hydrogens is 334 g/mol. The Balaban J connectivity index is 1.65. The van der Waals surface area contributed by atoms with Crippen molar-refractivity contribution >= 4 is 18.3 Å². The van der Waals surface area contributed by atoms with Gasteiger partial charge < -0.3 is 20.0 Å². The van der Waals surface area contributed by atoms with Gasteiger partial charge in [0.1, 0.15) is 12.9 Å². The third kappa shape index (κ3) is 3.74. The zero-order chi connectivity index (χ0) is 18.5. The highest BCUT2D eigenvalue weighted by molar-refractivity contribution is 5.79. The number of hydrogen-bond donors (Lipinski definition) is 2. The molecule has 2 N–H and O–H groups in total. The number of carbonyl (C=O) groups excluding carboxylic acids is 2. The zero-order valence-electron chi connectivity index (χ0n) is 14.1. The van der Waals surface area contributed by atoms with Gasteiger partial charge in [-0.15, -0.1) is 0 Å². The molecule has 0 spiro atoms. The van der Waals surface area contributed by atoms with Gasteiger partial charge in [0.2, 0.25) is 0 Å². The molecule has 2 aromatic carbocycles. The Morgan fingerprint density at radius 3 is 2.19 bits per heavy atom. The van der Waals surface area contributed by atoms with E-state index in [4.69, 9.17) is 9.84 Å². The first-order chi connectivity index (χ1) is 12.6. The van der Waals surface area contributed by atoms with Crippen LogP contribution in [0.15, 0.2) is 48.5 Å². The first-order valence-corrected chi connectivity index (χ1v) is 8.38. The lowest BCUT2D eigenvalue weighted by molar-refractivity contribution is -0.137. The van der Waals surface area contributed by atoms with E-state index in [-0.39, 0.29) is 25.4 Å². The van der Waals surface area contributed by atoms with Crippen LogP contribution in [0.1, 0.15) is 29.9 Å². The summed E-state index contributed by atoms with van der Waals surface area (Å²) >= 11 is 0. The van der Waals surface area contributed by atoms with Gasteiger partial charge >= 0.3 is 12.1 Å². The van der Waals surface area contributed by atoms with Crippen LogP contribution in [-0.4, -0.2) is 36.1 Å². The number of aliphatic carboxylic acids is 1. The number of benzene rings is 2. The largest absolute Gasteiger partial charge is 0.481 e. The number of carboxylic acids is 1. The van der Waals surface area contributed by atoms with E-state index in [9.17, 15) is 14.4 Å². The Hall–Kier alpha value is -3.15. The van der Waals surface area contributed by atoms with E-state index in [1.165, 1.54) is 0 Å². The van der Waals surface area contributed by atoms with Crippen LogP contribution in [0.3, 0.4) is 0 Å². The summed E-state index contributed by atoms with van der Waals surface area (Å²) in [7, 11) is 0. The van der Waals surface area contributed by atoms with E-state index in [1.54, 1.807) is 0 Å². The minimum Gasteiger partial charge on any atom is -0.481 e. The second kappa shape index (κ2) is 7.82. The van der Waals surface area contributed by atoms with E-state index in [0.717, 1.165) is 22.3 Å². The summed E-state index contributed by atoms with van der Waals surface area (Å²) in [5.41, 5.74) is 4.45. The van der Waals surface area contributed by atoms with Crippen LogP contribution >= 0.6 is 0 Å². The maximum Gasteiger partial charge on any atom is 0.407 e. The second-order valence-corrected chi connectivity index (χ2v) is 6.14. The fourth-order valence-electron chi connectivity index (χ4n) is 3.24. The number of rotatable bonds is 7. The molecule has 0 unspecified atom stereocenters. The quantitative estimate of drug-likeness (QED) is 0.747. The number of amides is 1. The second-order valence-electron chi connectivity index (χ2n) is 6.14. The molecule has 0 aliphatic heterocycles. The molecule has 0 saturated carbocycles. The number of hydrogen-bond acceptors (Lipinski definition) is 4. The van der Waals surface area contributed by atoms with Crippen molar-refractivity contribution in [3.63, 3.8) is 0 Å². The Labute approximate surface area is 150 Å². The average Bonchev–Trinajstić information content (AvgIpc) is 2.97. The molecule has 0 bridgehead atoms. The van der Waals surface area contributed by atoms with Crippen LogP contribution in [0.5, 0.6) is 0 Å². The van der Waals surface area contributed by atoms with Gasteiger partial charge in [-0.05, 0) is 28.7 Å². The highest BCUT2D eigenvalue weighted by Gasteiger charge is 2.29. The van der Waals surface area contributed by atoms with Crippen molar-refractivity contribution in [3.05, 3.63) is 59.7 Å². The highest BCUT2D eigenvalue weighted by atomic mass is 16.5. The molecule has 1 aliphatic rings. The smallest absolute Gasteiger partial charge is 0.407 e. The van der Waals surface area contributed by atoms with Crippen molar-refractivity contribution in [1.82, 2.24) is 5.32 Å². The summed E-state index contributed by atoms with van der Waals surface area (Å²) in [6.45, 7) is 0.143. The summed E-state index contributed by atoms with van der Waals surface area (Å²) < 4.78 is 5.32. The molecule has 1 aliphatic carbocycles. The summed E-state index contributed by atoms with van der Waals surface area (Å²) in [6.07, 6.45) is -0.380. The van der Waals surface area contributed by atoms with Crippen molar-refractivity contribution in [1.29, 1.82) is 0 Å². The van der Waals surface area contributed by atoms with Gasteiger partial charge in [0, 0.05) is 12.3 Å². The fourth-order valence-corrected chi connectivity index (χ4v) is 3.24. The summed E-state index contributed by atoms with van der Waals surface area (Å²) in [4.78, 5) is 33.6. The topological polar surface area (TPSA) is 92.7 Å². The third-order valence-corrected chi connectivity index (χ3v) is 4.48. The predicted octanol–water partition coefficient (Wildman–Crippen LogP) is 2.96. The van der Waals surface area contributed by atoms with Gasteiger partial charge in [-0.1, -0.05) is 48.5 Å². The first kappa shape index (κ1) is 17.7. The number of nitrogens with one attached hydrogen (secondary N) is 1. The molecule has 0 radical (unpaired) electrons. The lowest BCUT2D eigenvalue weighted by atomic mass is 9.98. The fraction of sp³-hybridized carbons (Fsp3) is 0.250. The molecule has 0 heterocycles. The molecule has 3 rings (SSSR count). The maximum atomic E-state index is 12.0. The number of carbonyl (C=O) groups is 3. The highest BCUT2D eigenvalue weighted by Crippen LogP contribution is 2.44. The van der Waals surface area contributed by atoms with E-state index in [1.807, 2.05) is 48.5 Å². The van der Waals surface area contributed by atoms with E-state index in [0.29, 0.717) is 6.29 Å². The summed E-state index contributed by atoms with van der Waals surface area (Å²) in [5.74, 6) is -1.09. The van der Waals surface area contributed by atoms with Crippen molar-refractivity contribution in [2.45, 2.75) is 24.8 Å². The maximum absolute atomic E-state index is 12.0. The molecule has 0 fully saturated rings. The number of carboxylic acid groups (broad SMARTS) is 1. The average molecular weight is 353 g/mol. The van der Waals surface area contributed by atoms with E-state index < -0.39 is 18.1 Å². The normalized spacial score (nSPS) is 13.4. The molecule has 6 nitrogen and oxygen atoms in total. The van der Waals surface area contributed by atoms with Crippen molar-refractivity contribution in [2.75, 3.05) is 6.61 Å². The first-order valence-electron chi connectivity index (χ1n) is 8.38. The van der Waals surface area contributed by atoms with Gasteiger partial charge in [0.25, 0.3) is 0 Å². The SMILES string of the molecule is O=C[C@H](CCC(=O)O)NC(=O)OCC1c2ccccc2-c2ccccc21. The van der Waals surface area contributed by atoms with E-state index >= 15 is 0 Å². The van der Waals surface area contributed by atoms with Crippen LogP contribution < -0.4 is 5.32 Å². The summed E-state index contributed by atoms with van der Waals surface area (Å²) in [5, 5.41) is 11.1. The molecule has 6 heteroatoms. The Bertz CT molecular complexity index is 787. The number of ether oxygens (including phenoxy) is 1. The van der Waals surface area contributed by atoms with Gasteiger partial charge in [-0.2, -0.15) is 0 Å². The van der Waals surface area contributed by atoms with Crippen molar-refractivity contribution in [3.8, 4) is 11.1 Å². The minimum atomic E-state index is -1.02. The van der Waals surface area contributed by atoms with Gasteiger partial charge in [0.15, 0.2) is 0 Å². The molecule has 0 aromatic heterocycles. The molecular formula is C20H19NO5. The molecule has 2 aromatic rings. The van der Waals surface area contributed by atoms with Gasteiger partial charge in [-0.3, -0.25) is 4.79 Å². The van der Waals surface area contributed by atoms with Crippen LogP contribution in [0.4, 0.5) is 4.79 Å². The van der Waals surface area contributed by atoms with E-state index in [2.05, 4.69) is 5.32 Å². The number of alkyl carbamates (subject to hydrolysis) is 1. The molecule has 1 amide bonds. The Kier molecular flexibility index (Phi) is 5.31. The molecule has 134 valence electrons. The van der Waals surface area contributed by atoms with Crippen LogP contribution in [0, 0.1) is 0 Å². The van der Waals surface area contributed by atoms with Crippen LogP contribution in [-0.2, 0) is 14.3 Å². The lowest BCUT2D eigenvalue weighted by Crippen LogP contribution is -2.37. The standard InChI is InChI=1S/C20H19NO5/c22-11-13(9-10-19(23)24)21-20(25)26-12-18-16-7-3-1-5-14(16)15-6-2-4-8-17(15)18/h1-8,11,13,18H,9-10,12H2,(H,21,25)(H,23,24)/t13-/m0/s1. The van der Waals surface area contributed by atoms with Crippen molar-refractivity contribution in [2.24, 2.45) is 0 Å². The van der Waals surface area contributed by atoms with Gasteiger partial charge in [-0.25, -0.2) is 4.79 Å². The number of aldehydes is 1. The number of fused-ring (bicyclic) bond motifs is 3. The van der Waals surface area contributed by atoms with Crippen LogP contribution in [0.2, 0.25) is 0 Å². The Morgan fingerprint density at radius 1 is 1.08 bits per heavy atom. The van der Waals surface area contributed by atoms with Crippen LogP contribution in [0.25, 0.3) is 11.1 Å². The minimum absolute atomic E-state index is 0.0308.